The fourth-order valence-electron chi connectivity index (χ4n) is 5.80. The highest BCUT2D eigenvalue weighted by Gasteiger charge is 2.42. The van der Waals surface area contributed by atoms with Crippen LogP contribution in [0.1, 0.15) is 62.6 Å². The number of aromatic nitrogens is 2. The molecule has 0 aromatic carbocycles. The normalized spacial score (nSPS) is 18.1. The maximum atomic E-state index is 13.7. The molecule has 1 aliphatic heterocycles. The van der Waals surface area contributed by atoms with Gasteiger partial charge in [0.2, 0.25) is 5.91 Å². The van der Waals surface area contributed by atoms with Gasteiger partial charge in [0.15, 0.2) is 0 Å². The fraction of sp³-hybridized carbons (Fsp3) is 0.517. The van der Waals surface area contributed by atoms with Crippen molar-refractivity contribution in [2.24, 2.45) is 11.3 Å². The van der Waals surface area contributed by atoms with Crippen LogP contribution in [0.25, 0.3) is 6.08 Å². The van der Waals surface area contributed by atoms with Crippen LogP contribution in [0.4, 0.5) is 17.3 Å². The van der Waals surface area contributed by atoms with Crippen LogP contribution in [0.15, 0.2) is 36.5 Å². The SMILES string of the molecule is Cc1cc(/C=C/C(=O)O)cc(NC(=O)C2(CC3CCN(c4ccc(N(C)C)nc4)CC3)CCCCC2)n1. The maximum Gasteiger partial charge on any atom is 0.328 e. The highest BCUT2D eigenvalue weighted by atomic mass is 16.4. The van der Waals surface area contributed by atoms with E-state index in [2.05, 4.69) is 32.3 Å². The second-order valence-corrected chi connectivity index (χ2v) is 10.8. The molecule has 8 nitrogen and oxygen atoms in total. The number of piperidine rings is 1. The molecular formula is C29H39N5O3. The predicted molar refractivity (Wildman–Crippen MR) is 148 cm³/mol. The summed E-state index contributed by atoms with van der Waals surface area (Å²) in [6.45, 7) is 3.80. The second kappa shape index (κ2) is 11.8. The third-order valence-corrected chi connectivity index (χ3v) is 7.78. The molecule has 2 aromatic heterocycles. The first-order valence-corrected chi connectivity index (χ1v) is 13.3. The first-order chi connectivity index (χ1) is 17.7. The Bertz CT molecular complexity index is 1110. The number of carbonyl (C=O) groups is 2. The lowest BCUT2D eigenvalue weighted by molar-refractivity contribution is -0.131. The molecule has 2 aliphatic rings. The molecule has 0 spiro atoms. The molecule has 0 bridgehead atoms. The average Bonchev–Trinajstić information content (AvgIpc) is 2.88. The number of hydrogen-bond donors (Lipinski definition) is 2. The molecule has 1 aliphatic carbocycles. The van der Waals surface area contributed by atoms with Gasteiger partial charge in [0.05, 0.1) is 11.9 Å². The highest BCUT2D eigenvalue weighted by molar-refractivity contribution is 5.95. The zero-order chi connectivity index (χ0) is 26.4. The van der Waals surface area contributed by atoms with Gasteiger partial charge in [-0.1, -0.05) is 19.3 Å². The van der Waals surface area contributed by atoms with Gasteiger partial charge in [0, 0.05) is 44.4 Å². The lowest BCUT2D eigenvalue weighted by atomic mass is 9.67. The number of carbonyl (C=O) groups excluding carboxylic acids is 1. The topological polar surface area (TPSA) is 98.7 Å². The number of amides is 1. The molecule has 0 unspecified atom stereocenters. The number of anilines is 3. The Kier molecular flexibility index (Phi) is 8.46. The molecule has 2 aromatic rings. The van der Waals surface area contributed by atoms with Crippen molar-refractivity contribution in [2.45, 2.75) is 58.3 Å². The van der Waals surface area contributed by atoms with Crippen LogP contribution in [0.5, 0.6) is 0 Å². The molecule has 198 valence electrons. The maximum absolute atomic E-state index is 13.7. The first-order valence-electron chi connectivity index (χ1n) is 13.3. The van der Waals surface area contributed by atoms with Crippen LogP contribution in [0, 0.1) is 18.3 Å². The minimum Gasteiger partial charge on any atom is -0.478 e. The van der Waals surface area contributed by atoms with E-state index in [1.54, 1.807) is 6.07 Å². The number of carboxylic acids is 1. The van der Waals surface area contributed by atoms with E-state index in [1.807, 2.05) is 38.2 Å². The lowest BCUT2D eigenvalue weighted by Gasteiger charge is -2.41. The summed E-state index contributed by atoms with van der Waals surface area (Å²) >= 11 is 0. The van der Waals surface area contributed by atoms with Crippen molar-refractivity contribution in [3.63, 3.8) is 0 Å². The molecular weight excluding hydrogens is 466 g/mol. The van der Waals surface area contributed by atoms with Crippen molar-refractivity contribution in [1.82, 2.24) is 9.97 Å². The van der Waals surface area contributed by atoms with E-state index < -0.39 is 5.97 Å². The number of pyridine rings is 2. The van der Waals surface area contributed by atoms with Gasteiger partial charge < -0.3 is 20.2 Å². The number of nitrogens with one attached hydrogen (secondary N) is 1. The fourth-order valence-corrected chi connectivity index (χ4v) is 5.80. The van der Waals surface area contributed by atoms with E-state index in [4.69, 9.17) is 5.11 Å². The Morgan fingerprint density at radius 2 is 1.89 bits per heavy atom. The van der Waals surface area contributed by atoms with Crippen LogP contribution < -0.4 is 15.1 Å². The Morgan fingerprint density at radius 3 is 2.51 bits per heavy atom. The number of nitrogens with zero attached hydrogens (tertiary/aromatic N) is 4. The summed E-state index contributed by atoms with van der Waals surface area (Å²) in [5.41, 5.74) is 2.24. The van der Waals surface area contributed by atoms with E-state index in [1.165, 1.54) is 12.5 Å². The van der Waals surface area contributed by atoms with Crippen molar-refractivity contribution in [3.05, 3.63) is 47.8 Å². The van der Waals surface area contributed by atoms with Crippen molar-refractivity contribution in [3.8, 4) is 0 Å². The molecule has 1 saturated carbocycles. The van der Waals surface area contributed by atoms with Gasteiger partial charge in [-0.25, -0.2) is 14.8 Å². The quantitative estimate of drug-likeness (QED) is 0.479. The molecule has 8 heteroatoms. The van der Waals surface area contributed by atoms with E-state index >= 15 is 0 Å². The molecule has 4 rings (SSSR count). The largest absolute Gasteiger partial charge is 0.478 e. The van der Waals surface area contributed by atoms with Crippen molar-refractivity contribution >= 4 is 35.3 Å². The zero-order valence-electron chi connectivity index (χ0n) is 22.2. The van der Waals surface area contributed by atoms with E-state index in [-0.39, 0.29) is 11.3 Å². The summed E-state index contributed by atoms with van der Waals surface area (Å²) in [7, 11) is 3.99. The van der Waals surface area contributed by atoms with Crippen LogP contribution in [0.3, 0.4) is 0 Å². The Hall–Kier alpha value is -3.42. The monoisotopic (exact) mass is 505 g/mol. The van der Waals surface area contributed by atoms with Crippen LogP contribution in [0.2, 0.25) is 0 Å². The van der Waals surface area contributed by atoms with Gasteiger partial charge in [-0.15, -0.1) is 0 Å². The zero-order valence-corrected chi connectivity index (χ0v) is 22.2. The van der Waals surface area contributed by atoms with Crippen LogP contribution in [-0.2, 0) is 9.59 Å². The van der Waals surface area contributed by atoms with Gasteiger partial charge in [-0.3, -0.25) is 4.79 Å². The van der Waals surface area contributed by atoms with Gasteiger partial charge in [0.25, 0.3) is 0 Å². The van der Waals surface area contributed by atoms with Crippen molar-refractivity contribution < 1.29 is 14.7 Å². The summed E-state index contributed by atoms with van der Waals surface area (Å²) in [4.78, 5) is 38.1. The number of aliphatic carboxylic acids is 1. The number of hydrogen-bond acceptors (Lipinski definition) is 6. The third-order valence-electron chi connectivity index (χ3n) is 7.78. The number of rotatable bonds is 8. The summed E-state index contributed by atoms with van der Waals surface area (Å²) in [6.07, 6.45) is 12.8. The van der Waals surface area contributed by atoms with Crippen LogP contribution >= 0.6 is 0 Å². The molecule has 0 radical (unpaired) electrons. The van der Waals surface area contributed by atoms with Gasteiger partial charge in [0.1, 0.15) is 11.6 Å². The molecule has 2 N–H and O–H groups in total. The third kappa shape index (κ3) is 6.87. The Labute approximate surface area is 219 Å². The summed E-state index contributed by atoms with van der Waals surface area (Å²) in [6, 6.07) is 7.76. The predicted octanol–water partition coefficient (Wildman–Crippen LogP) is 5.14. The molecule has 1 saturated heterocycles. The van der Waals surface area contributed by atoms with E-state index in [0.717, 1.165) is 81.3 Å². The van der Waals surface area contributed by atoms with Crippen molar-refractivity contribution in [2.75, 3.05) is 42.3 Å². The molecule has 37 heavy (non-hydrogen) atoms. The molecule has 3 heterocycles. The Balaban J connectivity index is 1.42. The first kappa shape index (κ1) is 26.6. The number of carboxylic acid groups (broad SMARTS) is 1. The lowest BCUT2D eigenvalue weighted by Crippen LogP contribution is -2.42. The van der Waals surface area contributed by atoms with Gasteiger partial charge in [-0.05, 0) is 80.9 Å². The molecule has 2 fully saturated rings. The summed E-state index contributed by atoms with van der Waals surface area (Å²) < 4.78 is 0. The van der Waals surface area contributed by atoms with E-state index in [9.17, 15) is 9.59 Å². The second-order valence-electron chi connectivity index (χ2n) is 10.8. The summed E-state index contributed by atoms with van der Waals surface area (Å²) in [5, 5.41) is 12.1. The van der Waals surface area contributed by atoms with E-state index in [0.29, 0.717) is 17.3 Å². The highest BCUT2D eigenvalue weighted by Crippen LogP contribution is 2.44. The Morgan fingerprint density at radius 1 is 1.16 bits per heavy atom. The molecule has 0 atom stereocenters. The standard InChI is InChI=1S/C29H39N5O3/c1-21-17-23(7-10-27(35)36)18-25(31-21)32-28(37)29(13-5-4-6-14-29)19-22-11-15-34(16-12-22)24-8-9-26(30-20-24)33(2)3/h7-10,17-18,20,22H,4-6,11-16,19H2,1-3H3,(H,35,36)(H,31,32,37)/b10-7+. The minimum atomic E-state index is -1.01. The average molecular weight is 506 g/mol. The molecule has 1 amide bonds. The summed E-state index contributed by atoms with van der Waals surface area (Å²) in [5.74, 6) is 1.01. The van der Waals surface area contributed by atoms with Crippen LogP contribution in [-0.4, -0.2) is 54.1 Å². The van der Waals surface area contributed by atoms with Gasteiger partial charge >= 0.3 is 5.97 Å². The minimum absolute atomic E-state index is 0.0596. The number of aryl methyl sites for hydroxylation is 1. The smallest absolute Gasteiger partial charge is 0.328 e. The van der Waals surface area contributed by atoms with Gasteiger partial charge in [-0.2, -0.15) is 0 Å². The van der Waals surface area contributed by atoms with Crippen molar-refractivity contribution in [1.29, 1.82) is 0 Å².